The van der Waals surface area contributed by atoms with Gasteiger partial charge in [0, 0.05) is 35.2 Å². The Labute approximate surface area is 149 Å². The molecule has 1 fully saturated rings. The lowest BCUT2D eigenvalue weighted by Gasteiger charge is -2.06. The quantitative estimate of drug-likeness (QED) is 0.743. The average Bonchev–Trinajstić information content (AvgIpc) is 3.24. The molecule has 0 bridgehead atoms. The van der Waals surface area contributed by atoms with Crippen LogP contribution in [0, 0.1) is 5.92 Å². The van der Waals surface area contributed by atoms with E-state index in [2.05, 4.69) is 44.7 Å². The van der Waals surface area contributed by atoms with Gasteiger partial charge < -0.3 is 5.32 Å². The molecule has 0 radical (unpaired) electrons. The van der Waals surface area contributed by atoms with E-state index in [1.54, 1.807) is 0 Å². The number of halogens is 1. The lowest BCUT2D eigenvalue weighted by atomic mass is 10.0. The van der Waals surface area contributed by atoms with Gasteiger partial charge in [0.1, 0.15) is 0 Å². The number of rotatable bonds is 4. The van der Waals surface area contributed by atoms with E-state index >= 15 is 0 Å². The van der Waals surface area contributed by atoms with Crippen LogP contribution < -0.4 is 5.32 Å². The summed E-state index contributed by atoms with van der Waals surface area (Å²) in [6.45, 7) is 0.718. The summed E-state index contributed by atoms with van der Waals surface area (Å²) in [6, 6.07) is 13.7. The third-order valence-corrected chi connectivity index (χ3v) is 5.18. The van der Waals surface area contributed by atoms with Crippen molar-refractivity contribution in [1.82, 2.24) is 15.1 Å². The molecule has 2 aromatic carbocycles. The Balaban J connectivity index is 1.41. The van der Waals surface area contributed by atoms with E-state index in [0.717, 1.165) is 23.0 Å². The van der Waals surface area contributed by atoms with E-state index in [1.165, 1.54) is 10.9 Å². The summed E-state index contributed by atoms with van der Waals surface area (Å²) in [5.74, 6) is 1.02. The van der Waals surface area contributed by atoms with Crippen LogP contribution in [0.25, 0.3) is 10.9 Å². The summed E-state index contributed by atoms with van der Waals surface area (Å²) in [5.41, 5.74) is 3.09. The molecule has 3 aromatic rings. The fourth-order valence-electron chi connectivity index (χ4n) is 3.29. The van der Waals surface area contributed by atoms with Crippen molar-refractivity contribution >= 4 is 32.7 Å². The number of fused-ring (bicyclic) bond motifs is 1. The van der Waals surface area contributed by atoms with E-state index in [9.17, 15) is 4.79 Å². The molecular formula is C19H18BrN3O. The van der Waals surface area contributed by atoms with Gasteiger partial charge in [-0.25, -0.2) is 0 Å². The molecule has 4 rings (SSSR count). The van der Waals surface area contributed by atoms with Crippen molar-refractivity contribution in [2.24, 2.45) is 13.0 Å². The maximum Gasteiger partial charge on any atom is 0.251 e. The van der Waals surface area contributed by atoms with Crippen LogP contribution in [0.3, 0.4) is 0 Å². The van der Waals surface area contributed by atoms with Crippen LogP contribution in [0.15, 0.2) is 53.1 Å². The Bertz CT molecular complexity index is 901. The minimum atomic E-state index is -0.00673. The van der Waals surface area contributed by atoms with E-state index in [1.807, 2.05) is 42.1 Å². The summed E-state index contributed by atoms with van der Waals surface area (Å²) in [7, 11) is 1.95. The second-order valence-electron chi connectivity index (χ2n) is 6.40. The molecule has 1 aliphatic rings. The first-order valence-electron chi connectivity index (χ1n) is 8.08. The molecule has 1 saturated carbocycles. The standard InChI is InChI=1S/C19H18BrN3O/c1-23-11-17-15(3-2-4-18(17)22-23)16-9-13(16)10-21-19(24)12-5-7-14(20)8-6-12/h2-8,11,13,16H,9-10H2,1H3,(H,21,24)/t13-,16+/m0/s1. The van der Waals surface area contributed by atoms with E-state index in [0.29, 0.717) is 17.4 Å². The lowest BCUT2D eigenvalue weighted by Crippen LogP contribution is -2.25. The summed E-state index contributed by atoms with van der Waals surface area (Å²) < 4.78 is 2.84. The fraction of sp³-hybridized carbons (Fsp3) is 0.263. The lowest BCUT2D eigenvalue weighted by molar-refractivity contribution is 0.0951. The molecule has 1 amide bonds. The number of hydrogen-bond acceptors (Lipinski definition) is 2. The van der Waals surface area contributed by atoms with Crippen molar-refractivity contribution in [3.05, 3.63) is 64.3 Å². The maximum atomic E-state index is 12.2. The van der Waals surface area contributed by atoms with Crippen LogP contribution in [-0.2, 0) is 7.05 Å². The van der Waals surface area contributed by atoms with Gasteiger partial charge in [-0.1, -0.05) is 28.1 Å². The molecule has 1 aromatic heterocycles. The Morgan fingerprint density at radius 1 is 1.29 bits per heavy atom. The molecule has 0 saturated heterocycles. The predicted molar refractivity (Wildman–Crippen MR) is 98.0 cm³/mol. The number of carbonyl (C=O) groups excluding carboxylic acids is 1. The summed E-state index contributed by atoms with van der Waals surface area (Å²) in [6.07, 6.45) is 3.20. The highest BCUT2D eigenvalue weighted by atomic mass is 79.9. The summed E-state index contributed by atoms with van der Waals surface area (Å²) >= 11 is 3.38. The Morgan fingerprint density at radius 2 is 2.08 bits per heavy atom. The van der Waals surface area contributed by atoms with Gasteiger partial charge in [0.25, 0.3) is 5.91 Å². The van der Waals surface area contributed by atoms with Crippen LogP contribution in [0.4, 0.5) is 0 Å². The first-order chi connectivity index (χ1) is 11.6. The summed E-state index contributed by atoms with van der Waals surface area (Å²) in [5, 5.41) is 8.76. The second-order valence-corrected chi connectivity index (χ2v) is 7.32. The normalized spacial score (nSPS) is 19.4. The number of nitrogens with zero attached hydrogens (tertiary/aromatic N) is 2. The third kappa shape index (κ3) is 2.96. The van der Waals surface area contributed by atoms with Crippen LogP contribution in [0.2, 0.25) is 0 Å². The minimum absolute atomic E-state index is 0.00673. The molecule has 5 heteroatoms. The molecular weight excluding hydrogens is 366 g/mol. The van der Waals surface area contributed by atoms with Crippen LogP contribution in [0.5, 0.6) is 0 Å². The summed E-state index contributed by atoms with van der Waals surface area (Å²) in [4.78, 5) is 12.2. The van der Waals surface area contributed by atoms with Crippen molar-refractivity contribution in [3.63, 3.8) is 0 Å². The number of amides is 1. The van der Waals surface area contributed by atoms with Crippen LogP contribution >= 0.6 is 15.9 Å². The Kier molecular flexibility index (Phi) is 3.88. The number of benzene rings is 2. The van der Waals surface area contributed by atoms with Crippen molar-refractivity contribution in [3.8, 4) is 0 Å². The largest absolute Gasteiger partial charge is 0.352 e. The molecule has 0 spiro atoms. The smallest absolute Gasteiger partial charge is 0.251 e. The van der Waals surface area contributed by atoms with Gasteiger partial charge in [-0.15, -0.1) is 0 Å². The molecule has 0 unspecified atom stereocenters. The topological polar surface area (TPSA) is 46.9 Å². The number of carbonyl (C=O) groups is 1. The molecule has 4 nitrogen and oxygen atoms in total. The monoisotopic (exact) mass is 383 g/mol. The number of aryl methyl sites for hydroxylation is 1. The zero-order valence-electron chi connectivity index (χ0n) is 13.4. The molecule has 1 aliphatic carbocycles. The van der Waals surface area contributed by atoms with E-state index in [-0.39, 0.29) is 5.91 Å². The second kappa shape index (κ2) is 6.06. The third-order valence-electron chi connectivity index (χ3n) is 4.65. The molecule has 1 heterocycles. The van der Waals surface area contributed by atoms with Crippen molar-refractivity contribution in [2.75, 3.05) is 6.54 Å². The molecule has 2 atom stereocenters. The first kappa shape index (κ1) is 15.4. The highest BCUT2D eigenvalue weighted by Gasteiger charge is 2.39. The highest BCUT2D eigenvalue weighted by molar-refractivity contribution is 9.10. The number of aromatic nitrogens is 2. The van der Waals surface area contributed by atoms with Gasteiger partial charge in [0.2, 0.25) is 0 Å². The van der Waals surface area contributed by atoms with Crippen LogP contribution in [-0.4, -0.2) is 22.2 Å². The zero-order valence-corrected chi connectivity index (χ0v) is 15.0. The minimum Gasteiger partial charge on any atom is -0.352 e. The first-order valence-corrected chi connectivity index (χ1v) is 8.87. The molecule has 24 heavy (non-hydrogen) atoms. The van der Waals surface area contributed by atoms with E-state index in [4.69, 9.17) is 0 Å². The van der Waals surface area contributed by atoms with Crippen LogP contribution in [0.1, 0.15) is 28.3 Å². The molecule has 0 aliphatic heterocycles. The molecule has 122 valence electrons. The van der Waals surface area contributed by atoms with Gasteiger partial charge >= 0.3 is 0 Å². The fourth-order valence-corrected chi connectivity index (χ4v) is 3.55. The van der Waals surface area contributed by atoms with Gasteiger partial charge in [-0.05, 0) is 54.2 Å². The maximum absolute atomic E-state index is 12.2. The molecule has 1 N–H and O–H groups in total. The number of hydrogen-bond donors (Lipinski definition) is 1. The average molecular weight is 384 g/mol. The number of nitrogens with one attached hydrogen (secondary N) is 1. The Hall–Kier alpha value is -2.14. The SMILES string of the molecule is Cn1cc2c([C@@H]3C[C@H]3CNC(=O)c3ccc(Br)cc3)cccc2n1. The van der Waals surface area contributed by atoms with Gasteiger partial charge in [-0.2, -0.15) is 5.10 Å². The van der Waals surface area contributed by atoms with Gasteiger partial charge in [-0.3, -0.25) is 9.48 Å². The van der Waals surface area contributed by atoms with Gasteiger partial charge in [0.15, 0.2) is 0 Å². The predicted octanol–water partition coefficient (Wildman–Crippen LogP) is 3.87. The van der Waals surface area contributed by atoms with Crippen molar-refractivity contribution < 1.29 is 4.79 Å². The van der Waals surface area contributed by atoms with Crippen molar-refractivity contribution in [1.29, 1.82) is 0 Å². The zero-order chi connectivity index (χ0) is 16.7. The van der Waals surface area contributed by atoms with Crippen molar-refractivity contribution in [2.45, 2.75) is 12.3 Å². The highest BCUT2D eigenvalue weighted by Crippen LogP contribution is 2.48. The van der Waals surface area contributed by atoms with Gasteiger partial charge in [0.05, 0.1) is 5.52 Å². The Morgan fingerprint density at radius 3 is 2.88 bits per heavy atom. The van der Waals surface area contributed by atoms with E-state index < -0.39 is 0 Å².